The van der Waals surface area contributed by atoms with E-state index < -0.39 is 19.9 Å². The second kappa shape index (κ2) is 6.20. The smallest absolute Gasteiger partial charge is 0.328 e. The molecule has 3 nitrogen and oxygen atoms in total. The molecule has 0 unspecified atom stereocenters. The van der Waals surface area contributed by atoms with Gasteiger partial charge in [0.1, 0.15) is 0 Å². The van der Waals surface area contributed by atoms with Crippen molar-refractivity contribution in [3.05, 3.63) is 12.2 Å². The molecule has 94 valence electrons. The van der Waals surface area contributed by atoms with Crippen molar-refractivity contribution in [3.8, 4) is 0 Å². The van der Waals surface area contributed by atoms with Crippen molar-refractivity contribution in [2.24, 2.45) is 0 Å². The average molecular weight is 244 g/mol. The first-order valence-corrected chi connectivity index (χ1v) is 8.46. The van der Waals surface area contributed by atoms with Crippen molar-refractivity contribution >= 4 is 14.3 Å². The summed E-state index contributed by atoms with van der Waals surface area (Å²) in [6.45, 7) is 10.3. The Morgan fingerprint density at radius 1 is 1.25 bits per heavy atom. The second-order valence-electron chi connectivity index (χ2n) is 4.62. The lowest BCUT2D eigenvalue weighted by Gasteiger charge is -2.36. The minimum atomic E-state index is -1.67. The zero-order chi connectivity index (χ0) is 12.8. The highest BCUT2D eigenvalue weighted by atomic mass is 28.4. The predicted molar refractivity (Wildman–Crippen MR) is 69.1 cm³/mol. The van der Waals surface area contributed by atoms with Crippen molar-refractivity contribution < 1.29 is 14.3 Å². The Labute approximate surface area is 99.6 Å². The summed E-state index contributed by atoms with van der Waals surface area (Å²) in [5.41, 5.74) is -0.480. The molecule has 0 heterocycles. The van der Waals surface area contributed by atoms with Gasteiger partial charge in [-0.05, 0) is 38.1 Å². The van der Waals surface area contributed by atoms with Crippen molar-refractivity contribution in [1.82, 2.24) is 0 Å². The first kappa shape index (κ1) is 15.4. The van der Waals surface area contributed by atoms with Crippen LogP contribution < -0.4 is 0 Å². The molecule has 0 aliphatic rings. The maximum atomic E-state index is 10.5. The second-order valence-corrected chi connectivity index (χ2v) is 9.31. The van der Waals surface area contributed by atoms with E-state index in [1.807, 2.05) is 13.8 Å². The molecule has 0 aliphatic heterocycles. The normalized spacial score (nSPS) is 13.3. The number of hydrogen-bond acceptors (Lipinski definition) is 2. The van der Waals surface area contributed by atoms with Crippen molar-refractivity contribution in [1.29, 1.82) is 0 Å². The number of hydrogen-bond donors (Lipinski definition) is 1. The summed E-state index contributed by atoms with van der Waals surface area (Å²) in [6.07, 6.45) is 2.80. The SMILES string of the molecule is CC[Si](CC)(CC)OC(C)(C)/C=C/C(=O)O. The van der Waals surface area contributed by atoms with Crippen LogP contribution in [-0.2, 0) is 9.22 Å². The fourth-order valence-corrected chi connectivity index (χ4v) is 4.95. The van der Waals surface area contributed by atoms with E-state index in [0.29, 0.717) is 0 Å². The summed E-state index contributed by atoms with van der Waals surface area (Å²) >= 11 is 0. The standard InChI is InChI=1S/C12H24O3Si/c1-6-16(7-2,8-3)15-12(4,5)10-9-11(13)14/h9-10H,6-8H2,1-5H3,(H,13,14)/b10-9+. The Kier molecular flexibility index (Phi) is 5.97. The van der Waals surface area contributed by atoms with Gasteiger partial charge in [0, 0.05) is 6.08 Å². The van der Waals surface area contributed by atoms with E-state index in [1.165, 1.54) is 6.08 Å². The van der Waals surface area contributed by atoms with Gasteiger partial charge in [-0.3, -0.25) is 0 Å². The van der Waals surface area contributed by atoms with Crippen LogP contribution >= 0.6 is 0 Å². The van der Waals surface area contributed by atoms with Gasteiger partial charge in [0.15, 0.2) is 8.32 Å². The molecule has 4 heteroatoms. The summed E-state index contributed by atoms with van der Waals surface area (Å²) in [5.74, 6) is -0.923. The predicted octanol–water partition coefficient (Wildman–Crippen LogP) is 3.43. The maximum Gasteiger partial charge on any atom is 0.328 e. The monoisotopic (exact) mass is 244 g/mol. The summed E-state index contributed by atoms with van der Waals surface area (Å²) in [7, 11) is -1.67. The Hall–Kier alpha value is -0.613. The van der Waals surface area contributed by atoms with Crippen LogP contribution in [0.5, 0.6) is 0 Å². The van der Waals surface area contributed by atoms with Crippen LogP contribution in [0.15, 0.2) is 12.2 Å². The number of aliphatic carboxylic acids is 1. The lowest BCUT2D eigenvalue weighted by molar-refractivity contribution is -0.131. The number of carboxylic acid groups (broad SMARTS) is 1. The van der Waals surface area contributed by atoms with Gasteiger partial charge >= 0.3 is 5.97 Å². The van der Waals surface area contributed by atoms with Crippen LogP contribution in [0, 0.1) is 0 Å². The summed E-state index contributed by atoms with van der Waals surface area (Å²) < 4.78 is 6.21. The van der Waals surface area contributed by atoms with E-state index in [-0.39, 0.29) is 0 Å². The number of rotatable bonds is 7. The van der Waals surface area contributed by atoms with Gasteiger partial charge in [0.25, 0.3) is 0 Å². The molecule has 0 saturated carbocycles. The fraction of sp³-hybridized carbons (Fsp3) is 0.750. The van der Waals surface area contributed by atoms with E-state index in [9.17, 15) is 4.79 Å². The Morgan fingerprint density at radius 2 is 1.69 bits per heavy atom. The zero-order valence-corrected chi connectivity index (χ0v) is 12.0. The zero-order valence-electron chi connectivity index (χ0n) is 11.0. The van der Waals surface area contributed by atoms with Crippen LogP contribution in [-0.4, -0.2) is 25.0 Å². The summed E-state index contributed by atoms with van der Waals surface area (Å²) in [5, 5.41) is 8.62. The lowest BCUT2D eigenvalue weighted by Crippen LogP contribution is -2.43. The van der Waals surface area contributed by atoms with Crippen LogP contribution in [0.1, 0.15) is 34.6 Å². The van der Waals surface area contributed by atoms with E-state index in [1.54, 1.807) is 6.08 Å². The molecule has 1 N–H and O–H groups in total. The molecule has 0 fully saturated rings. The van der Waals surface area contributed by atoms with E-state index >= 15 is 0 Å². The molecule has 0 rings (SSSR count). The highest BCUT2D eigenvalue weighted by Gasteiger charge is 2.34. The van der Waals surface area contributed by atoms with Gasteiger partial charge in [0.2, 0.25) is 0 Å². The van der Waals surface area contributed by atoms with E-state index in [0.717, 1.165) is 18.1 Å². The van der Waals surface area contributed by atoms with Crippen molar-refractivity contribution in [2.75, 3.05) is 0 Å². The topological polar surface area (TPSA) is 46.5 Å². The van der Waals surface area contributed by atoms with Gasteiger partial charge < -0.3 is 9.53 Å². The molecular formula is C12H24O3Si. The fourth-order valence-electron chi connectivity index (χ4n) is 1.83. The largest absolute Gasteiger partial charge is 0.478 e. The highest BCUT2D eigenvalue weighted by molar-refractivity contribution is 6.73. The molecule has 0 aromatic rings. The number of carbonyl (C=O) groups is 1. The summed E-state index contributed by atoms with van der Waals surface area (Å²) in [6, 6.07) is 3.22. The molecule has 0 bridgehead atoms. The molecular weight excluding hydrogens is 220 g/mol. The number of carboxylic acids is 1. The van der Waals surface area contributed by atoms with Gasteiger partial charge in [0.05, 0.1) is 5.60 Å². The molecule has 0 aliphatic carbocycles. The Balaban J connectivity index is 4.71. The third kappa shape index (κ3) is 4.94. The first-order chi connectivity index (χ1) is 7.31. The van der Waals surface area contributed by atoms with Crippen LogP contribution in [0.2, 0.25) is 18.1 Å². The molecule has 0 radical (unpaired) electrons. The van der Waals surface area contributed by atoms with Gasteiger partial charge in [-0.15, -0.1) is 0 Å². The van der Waals surface area contributed by atoms with Crippen molar-refractivity contribution in [3.63, 3.8) is 0 Å². The highest BCUT2D eigenvalue weighted by Crippen LogP contribution is 2.28. The van der Waals surface area contributed by atoms with Gasteiger partial charge in [-0.2, -0.15) is 0 Å². The van der Waals surface area contributed by atoms with Gasteiger partial charge in [-0.25, -0.2) is 4.79 Å². The van der Waals surface area contributed by atoms with Crippen LogP contribution in [0.3, 0.4) is 0 Å². The third-order valence-electron chi connectivity index (χ3n) is 3.04. The molecule has 0 amide bonds. The van der Waals surface area contributed by atoms with E-state index in [2.05, 4.69) is 20.8 Å². The average Bonchev–Trinajstić information content (AvgIpc) is 2.24. The van der Waals surface area contributed by atoms with Gasteiger partial charge in [-0.1, -0.05) is 20.8 Å². The molecule has 0 aromatic carbocycles. The first-order valence-electron chi connectivity index (χ1n) is 5.93. The Morgan fingerprint density at radius 3 is 2.00 bits per heavy atom. The lowest BCUT2D eigenvalue weighted by atomic mass is 10.1. The molecule has 16 heavy (non-hydrogen) atoms. The molecule has 0 aromatic heterocycles. The van der Waals surface area contributed by atoms with Crippen LogP contribution in [0.25, 0.3) is 0 Å². The molecule has 0 saturated heterocycles. The minimum Gasteiger partial charge on any atom is -0.478 e. The summed E-state index contributed by atoms with van der Waals surface area (Å²) in [4.78, 5) is 10.5. The molecule has 0 atom stereocenters. The quantitative estimate of drug-likeness (QED) is 0.551. The Bertz CT molecular complexity index is 247. The maximum absolute atomic E-state index is 10.5. The minimum absolute atomic E-state index is 0.480. The molecule has 0 spiro atoms. The van der Waals surface area contributed by atoms with Crippen LogP contribution in [0.4, 0.5) is 0 Å². The van der Waals surface area contributed by atoms with Crippen molar-refractivity contribution in [2.45, 2.75) is 58.4 Å². The van der Waals surface area contributed by atoms with E-state index in [4.69, 9.17) is 9.53 Å². The third-order valence-corrected chi connectivity index (χ3v) is 7.86.